The van der Waals surface area contributed by atoms with Crippen molar-refractivity contribution in [1.82, 2.24) is 5.32 Å². The zero-order valence-corrected chi connectivity index (χ0v) is 10.9. The summed E-state index contributed by atoms with van der Waals surface area (Å²) in [6.07, 6.45) is 11.2. The highest BCUT2D eigenvalue weighted by Gasteiger charge is 2.21. The summed E-state index contributed by atoms with van der Waals surface area (Å²) in [7, 11) is 0. The SMILES string of the molecule is CCCCCCC(C)NC1CCC(C)C1. The van der Waals surface area contributed by atoms with E-state index in [1.54, 1.807) is 0 Å². The van der Waals surface area contributed by atoms with Gasteiger partial charge in [-0.25, -0.2) is 0 Å². The highest BCUT2D eigenvalue weighted by atomic mass is 14.9. The molecule has 15 heavy (non-hydrogen) atoms. The van der Waals surface area contributed by atoms with E-state index in [-0.39, 0.29) is 0 Å². The summed E-state index contributed by atoms with van der Waals surface area (Å²) in [4.78, 5) is 0. The Hall–Kier alpha value is -0.0400. The molecule has 3 atom stereocenters. The Morgan fingerprint density at radius 3 is 2.60 bits per heavy atom. The molecule has 0 saturated heterocycles. The van der Waals surface area contributed by atoms with Crippen LogP contribution in [-0.2, 0) is 0 Å². The molecule has 0 bridgehead atoms. The first-order valence-corrected chi connectivity index (χ1v) is 6.98. The zero-order chi connectivity index (χ0) is 11.1. The van der Waals surface area contributed by atoms with E-state index in [1.165, 1.54) is 51.4 Å². The Balaban J connectivity index is 2.00. The van der Waals surface area contributed by atoms with Gasteiger partial charge in [0, 0.05) is 12.1 Å². The van der Waals surface area contributed by atoms with E-state index >= 15 is 0 Å². The van der Waals surface area contributed by atoms with Gasteiger partial charge in [-0.15, -0.1) is 0 Å². The molecule has 0 heterocycles. The van der Waals surface area contributed by atoms with Crippen molar-refractivity contribution in [1.29, 1.82) is 0 Å². The maximum Gasteiger partial charge on any atom is 0.00721 e. The summed E-state index contributed by atoms with van der Waals surface area (Å²) in [5.41, 5.74) is 0. The van der Waals surface area contributed by atoms with Crippen LogP contribution in [0, 0.1) is 5.92 Å². The van der Waals surface area contributed by atoms with Crippen LogP contribution in [0.2, 0.25) is 0 Å². The van der Waals surface area contributed by atoms with Crippen molar-refractivity contribution in [2.45, 2.75) is 84.2 Å². The molecule has 3 unspecified atom stereocenters. The van der Waals surface area contributed by atoms with Gasteiger partial charge in [-0.1, -0.05) is 39.5 Å². The van der Waals surface area contributed by atoms with Crippen LogP contribution in [0.1, 0.15) is 72.1 Å². The third-order valence-electron chi connectivity index (χ3n) is 3.71. The average Bonchev–Trinajstić information content (AvgIpc) is 2.59. The molecule has 0 amide bonds. The Kier molecular flexibility index (Phi) is 6.31. The van der Waals surface area contributed by atoms with E-state index in [4.69, 9.17) is 0 Å². The minimum atomic E-state index is 0.733. The number of rotatable bonds is 7. The van der Waals surface area contributed by atoms with Crippen molar-refractivity contribution in [3.8, 4) is 0 Å². The Morgan fingerprint density at radius 2 is 2.00 bits per heavy atom. The van der Waals surface area contributed by atoms with Crippen LogP contribution in [0.15, 0.2) is 0 Å². The van der Waals surface area contributed by atoms with E-state index in [2.05, 4.69) is 26.1 Å². The third-order valence-corrected chi connectivity index (χ3v) is 3.71. The van der Waals surface area contributed by atoms with E-state index in [1.807, 2.05) is 0 Å². The van der Waals surface area contributed by atoms with Crippen LogP contribution in [0.5, 0.6) is 0 Å². The van der Waals surface area contributed by atoms with Crippen LogP contribution >= 0.6 is 0 Å². The van der Waals surface area contributed by atoms with Gasteiger partial charge in [0.1, 0.15) is 0 Å². The second-order valence-electron chi connectivity index (χ2n) is 5.53. The molecule has 0 aromatic rings. The molecule has 1 aliphatic carbocycles. The van der Waals surface area contributed by atoms with E-state index in [0.29, 0.717) is 0 Å². The lowest BCUT2D eigenvalue weighted by Crippen LogP contribution is -2.34. The number of nitrogens with one attached hydrogen (secondary N) is 1. The van der Waals surface area contributed by atoms with E-state index < -0.39 is 0 Å². The molecular formula is C14H29N. The smallest absolute Gasteiger partial charge is 0.00721 e. The number of unbranched alkanes of at least 4 members (excludes halogenated alkanes) is 3. The average molecular weight is 211 g/mol. The third kappa shape index (κ3) is 5.55. The Bertz CT molecular complexity index is 155. The largest absolute Gasteiger partial charge is 0.311 e. The van der Waals surface area contributed by atoms with E-state index in [0.717, 1.165) is 18.0 Å². The normalized spacial score (nSPS) is 28.2. The summed E-state index contributed by atoms with van der Waals surface area (Å²) in [5.74, 6) is 0.954. The second-order valence-corrected chi connectivity index (χ2v) is 5.53. The standard InChI is InChI=1S/C14H29N/c1-4-5-6-7-8-13(3)15-14-10-9-12(2)11-14/h12-15H,4-11H2,1-3H3. The van der Waals surface area contributed by atoms with Crippen molar-refractivity contribution < 1.29 is 0 Å². The fourth-order valence-corrected chi connectivity index (χ4v) is 2.72. The van der Waals surface area contributed by atoms with Gasteiger partial charge in [0.15, 0.2) is 0 Å². The molecule has 0 spiro atoms. The van der Waals surface area contributed by atoms with Gasteiger partial charge >= 0.3 is 0 Å². The fraction of sp³-hybridized carbons (Fsp3) is 1.00. The molecule has 1 rings (SSSR count). The van der Waals surface area contributed by atoms with Crippen molar-refractivity contribution >= 4 is 0 Å². The maximum atomic E-state index is 3.79. The first-order chi connectivity index (χ1) is 7.22. The maximum absolute atomic E-state index is 3.79. The van der Waals surface area contributed by atoms with Gasteiger partial charge in [0.2, 0.25) is 0 Å². The van der Waals surface area contributed by atoms with Gasteiger partial charge in [0.25, 0.3) is 0 Å². The van der Waals surface area contributed by atoms with Gasteiger partial charge in [-0.2, -0.15) is 0 Å². The fourth-order valence-electron chi connectivity index (χ4n) is 2.72. The van der Waals surface area contributed by atoms with Crippen LogP contribution < -0.4 is 5.32 Å². The molecule has 0 aromatic heterocycles. The van der Waals surface area contributed by atoms with Crippen LogP contribution in [0.25, 0.3) is 0 Å². The monoisotopic (exact) mass is 211 g/mol. The first-order valence-electron chi connectivity index (χ1n) is 6.98. The van der Waals surface area contributed by atoms with Gasteiger partial charge in [0.05, 0.1) is 0 Å². The summed E-state index contributed by atoms with van der Waals surface area (Å²) < 4.78 is 0. The molecule has 1 saturated carbocycles. The predicted octanol–water partition coefficient (Wildman–Crippen LogP) is 4.12. The highest BCUT2D eigenvalue weighted by Crippen LogP contribution is 2.25. The summed E-state index contributed by atoms with van der Waals surface area (Å²) in [6, 6.07) is 1.55. The second kappa shape index (κ2) is 7.27. The number of hydrogen-bond donors (Lipinski definition) is 1. The summed E-state index contributed by atoms with van der Waals surface area (Å²) in [6.45, 7) is 7.02. The van der Waals surface area contributed by atoms with Gasteiger partial charge in [-0.3, -0.25) is 0 Å². The van der Waals surface area contributed by atoms with Crippen LogP contribution in [0.3, 0.4) is 0 Å². The highest BCUT2D eigenvalue weighted by molar-refractivity contribution is 4.80. The van der Waals surface area contributed by atoms with Crippen molar-refractivity contribution in [3.63, 3.8) is 0 Å². The lowest BCUT2D eigenvalue weighted by atomic mass is 10.1. The predicted molar refractivity (Wildman–Crippen MR) is 68.2 cm³/mol. The van der Waals surface area contributed by atoms with Crippen LogP contribution in [0.4, 0.5) is 0 Å². The molecule has 0 radical (unpaired) electrons. The minimum absolute atomic E-state index is 0.733. The quantitative estimate of drug-likeness (QED) is 0.625. The topological polar surface area (TPSA) is 12.0 Å². The van der Waals surface area contributed by atoms with Crippen LogP contribution in [-0.4, -0.2) is 12.1 Å². The van der Waals surface area contributed by atoms with E-state index in [9.17, 15) is 0 Å². The molecule has 90 valence electrons. The lowest BCUT2D eigenvalue weighted by Gasteiger charge is -2.19. The van der Waals surface area contributed by atoms with Gasteiger partial charge < -0.3 is 5.32 Å². The van der Waals surface area contributed by atoms with Crippen molar-refractivity contribution in [2.75, 3.05) is 0 Å². The Morgan fingerprint density at radius 1 is 1.20 bits per heavy atom. The first kappa shape index (κ1) is 13.0. The lowest BCUT2D eigenvalue weighted by molar-refractivity contribution is 0.410. The summed E-state index contributed by atoms with van der Waals surface area (Å²) in [5, 5.41) is 3.79. The van der Waals surface area contributed by atoms with Gasteiger partial charge in [-0.05, 0) is 38.5 Å². The molecular weight excluding hydrogens is 182 g/mol. The Labute approximate surface area is 96.0 Å². The molecule has 1 heteroatoms. The molecule has 1 fully saturated rings. The molecule has 1 nitrogen and oxygen atoms in total. The zero-order valence-electron chi connectivity index (χ0n) is 10.9. The van der Waals surface area contributed by atoms with Crippen molar-refractivity contribution in [3.05, 3.63) is 0 Å². The molecule has 1 aliphatic rings. The summed E-state index contributed by atoms with van der Waals surface area (Å²) >= 11 is 0. The molecule has 0 aliphatic heterocycles. The van der Waals surface area contributed by atoms with Crippen molar-refractivity contribution in [2.24, 2.45) is 5.92 Å². The molecule has 0 aromatic carbocycles. The minimum Gasteiger partial charge on any atom is -0.311 e. The molecule has 1 N–H and O–H groups in total. The number of hydrogen-bond acceptors (Lipinski definition) is 1.